The van der Waals surface area contributed by atoms with E-state index >= 15 is 0 Å². The van der Waals surface area contributed by atoms with E-state index < -0.39 is 0 Å². The minimum absolute atomic E-state index is 0.712. The summed E-state index contributed by atoms with van der Waals surface area (Å²) < 4.78 is 1.01. The number of benzene rings is 1. The monoisotopic (exact) mass is 308 g/mol. The smallest absolute Gasteiger partial charge is 0.101 e. The molecule has 98 valence electrons. The normalized spacial score (nSPS) is 10.1. The summed E-state index contributed by atoms with van der Waals surface area (Å²) in [6.45, 7) is 3.18. The highest BCUT2D eigenvalue weighted by atomic mass is 79.9. The highest BCUT2D eigenvalue weighted by Crippen LogP contribution is 2.20. The molecule has 1 rings (SSSR count). The summed E-state index contributed by atoms with van der Waals surface area (Å²) in [5.74, 6) is 0. The quantitative estimate of drug-likeness (QED) is 0.679. The van der Waals surface area contributed by atoms with Crippen LogP contribution in [0.5, 0.6) is 0 Å². The molecular formula is C15H21BrN2. The predicted molar refractivity (Wildman–Crippen MR) is 80.7 cm³/mol. The van der Waals surface area contributed by atoms with Crippen molar-refractivity contribution in [2.45, 2.75) is 45.4 Å². The number of nitrogens with zero attached hydrogens (tertiary/aromatic N) is 1. The second-order valence-electron chi connectivity index (χ2n) is 4.50. The van der Waals surface area contributed by atoms with Gasteiger partial charge in [0, 0.05) is 11.0 Å². The first kappa shape index (κ1) is 15.0. The summed E-state index contributed by atoms with van der Waals surface area (Å²) in [5, 5.41) is 12.3. The number of nitriles is 1. The van der Waals surface area contributed by atoms with E-state index in [-0.39, 0.29) is 0 Å². The van der Waals surface area contributed by atoms with Crippen LogP contribution >= 0.6 is 15.9 Å². The lowest BCUT2D eigenvalue weighted by Gasteiger charge is -2.08. The lowest BCUT2D eigenvalue weighted by atomic mass is 10.1. The molecule has 0 bridgehead atoms. The van der Waals surface area contributed by atoms with Crippen LogP contribution in [0.2, 0.25) is 0 Å². The molecule has 1 aromatic carbocycles. The molecule has 0 saturated carbocycles. The average Bonchev–Trinajstić information content (AvgIpc) is 2.38. The molecule has 0 aliphatic rings. The van der Waals surface area contributed by atoms with Crippen molar-refractivity contribution in [2.75, 3.05) is 11.9 Å². The zero-order chi connectivity index (χ0) is 13.2. The Kier molecular flexibility index (Phi) is 7.52. The largest absolute Gasteiger partial charge is 0.384 e. The molecule has 0 saturated heterocycles. The third-order valence-corrected chi connectivity index (χ3v) is 3.44. The van der Waals surface area contributed by atoms with E-state index in [0.717, 1.165) is 16.7 Å². The van der Waals surface area contributed by atoms with E-state index in [4.69, 9.17) is 5.26 Å². The van der Waals surface area contributed by atoms with Gasteiger partial charge < -0.3 is 5.32 Å². The summed E-state index contributed by atoms with van der Waals surface area (Å²) in [7, 11) is 0. The molecule has 1 aromatic rings. The van der Waals surface area contributed by atoms with Gasteiger partial charge in [-0.3, -0.25) is 0 Å². The minimum atomic E-state index is 0.712. The van der Waals surface area contributed by atoms with Crippen molar-refractivity contribution >= 4 is 21.6 Å². The first-order valence-corrected chi connectivity index (χ1v) is 7.50. The summed E-state index contributed by atoms with van der Waals surface area (Å²) >= 11 is 3.43. The van der Waals surface area contributed by atoms with Gasteiger partial charge >= 0.3 is 0 Å². The van der Waals surface area contributed by atoms with E-state index in [0.29, 0.717) is 5.56 Å². The number of rotatable bonds is 8. The van der Waals surface area contributed by atoms with Gasteiger partial charge in [0.2, 0.25) is 0 Å². The average molecular weight is 309 g/mol. The van der Waals surface area contributed by atoms with Gasteiger partial charge in [-0.1, -0.05) is 55.0 Å². The fourth-order valence-electron chi connectivity index (χ4n) is 1.89. The van der Waals surface area contributed by atoms with Gasteiger partial charge in [-0.05, 0) is 24.6 Å². The molecule has 18 heavy (non-hydrogen) atoms. The highest BCUT2D eigenvalue weighted by molar-refractivity contribution is 9.10. The Balaban J connectivity index is 2.27. The zero-order valence-electron chi connectivity index (χ0n) is 11.0. The number of hydrogen-bond acceptors (Lipinski definition) is 2. The van der Waals surface area contributed by atoms with Crippen molar-refractivity contribution in [3.8, 4) is 6.07 Å². The van der Waals surface area contributed by atoms with Crippen LogP contribution in [0.1, 0.15) is 51.0 Å². The summed E-state index contributed by atoms with van der Waals surface area (Å²) in [5.41, 5.74) is 1.64. The van der Waals surface area contributed by atoms with E-state index in [1.165, 1.54) is 38.5 Å². The molecule has 0 aromatic heterocycles. The molecule has 0 atom stereocenters. The second kappa shape index (κ2) is 8.99. The standard InChI is InChI=1S/C15H21BrN2/c1-2-3-4-5-6-7-10-18-15-11-14(16)9-8-13(15)12-17/h8-9,11,18H,2-7,10H2,1H3. The maximum absolute atomic E-state index is 9.00. The Morgan fingerprint density at radius 3 is 2.61 bits per heavy atom. The number of halogens is 1. The van der Waals surface area contributed by atoms with Crippen LogP contribution in [-0.4, -0.2) is 6.54 Å². The van der Waals surface area contributed by atoms with Crippen molar-refractivity contribution in [3.05, 3.63) is 28.2 Å². The van der Waals surface area contributed by atoms with E-state index in [2.05, 4.69) is 34.2 Å². The Hall–Kier alpha value is -1.01. The lowest BCUT2D eigenvalue weighted by Crippen LogP contribution is -2.03. The molecule has 1 N–H and O–H groups in total. The van der Waals surface area contributed by atoms with Crippen molar-refractivity contribution in [2.24, 2.45) is 0 Å². The molecule has 0 unspecified atom stereocenters. The van der Waals surface area contributed by atoms with Gasteiger partial charge in [0.15, 0.2) is 0 Å². The van der Waals surface area contributed by atoms with Crippen LogP contribution in [0.3, 0.4) is 0 Å². The van der Waals surface area contributed by atoms with Crippen molar-refractivity contribution < 1.29 is 0 Å². The Morgan fingerprint density at radius 2 is 1.89 bits per heavy atom. The Morgan fingerprint density at radius 1 is 1.17 bits per heavy atom. The van der Waals surface area contributed by atoms with Crippen molar-refractivity contribution in [1.82, 2.24) is 0 Å². The van der Waals surface area contributed by atoms with Crippen LogP contribution in [0.4, 0.5) is 5.69 Å². The molecule has 0 heterocycles. The number of nitrogens with one attached hydrogen (secondary N) is 1. The van der Waals surface area contributed by atoms with E-state index in [1.807, 2.05) is 18.2 Å². The summed E-state index contributed by atoms with van der Waals surface area (Å²) in [4.78, 5) is 0. The van der Waals surface area contributed by atoms with Crippen molar-refractivity contribution in [3.63, 3.8) is 0 Å². The Labute approximate surface area is 119 Å². The number of unbranched alkanes of at least 4 members (excludes halogenated alkanes) is 5. The van der Waals surface area contributed by atoms with E-state index in [1.54, 1.807) is 0 Å². The zero-order valence-corrected chi connectivity index (χ0v) is 12.6. The molecule has 0 fully saturated rings. The fraction of sp³-hybridized carbons (Fsp3) is 0.533. The molecule has 3 heteroatoms. The lowest BCUT2D eigenvalue weighted by molar-refractivity contribution is 0.617. The van der Waals surface area contributed by atoms with Gasteiger partial charge in [0.1, 0.15) is 6.07 Å². The molecule has 0 spiro atoms. The van der Waals surface area contributed by atoms with Crippen LogP contribution in [-0.2, 0) is 0 Å². The van der Waals surface area contributed by atoms with Crippen molar-refractivity contribution in [1.29, 1.82) is 5.26 Å². The SMILES string of the molecule is CCCCCCCCNc1cc(Br)ccc1C#N. The molecule has 0 aliphatic carbocycles. The molecule has 2 nitrogen and oxygen atoms in total. The fourth-order valence-corrected chi connectivity index (χ4v) is 2.25. The first-order chi connectivity index (χ1) is 8.77. The van der Waals surface area contributed by atoms with Crippen LogP contribution < -0.4 is 5.32 Å². The van der Waals surface area contributed by atoms with Crippen LogP contribution in [0, 0.1) is 11.3 Å². The first-order valence-electron chi connectivity index (χ1n) is 6.71. The van der Waals surface area contributed by atoms with Gasteiger partial charge in [-0.2, -0.15) is 5.26 Å². The third kappa shape index (κ3) is 5.55. The highest BCUT2D eigenvalue weighted by Gasteiger charge is 2.01. The third-order valence-electron chi connectivity index (χ3n) is 2.95. The second-order valence-corrected chi connectivity index (χ2v) is 5.41. The summed E-state index contributed by atoms with van der Waals surface area (Å²) in [6.07, 6.45) is 7.74. The minimum Gasteiger partial charge on any atom is -0.384 e. The number of hydrogen-bond donors (Lipinski definition) is 1. The maximum atomic E-state index is 9.00. The van der Waals surface area contributed by atoms with Gasteiger partial charge in [-0.25, -0.2) is 0 Å². The predicted octanol–water partition coefficient (Wildman–Crippen LogP) is 5.09. The molecule has 0 amide bonds. The van der Waals surface area contributed by atoms with Crippen LogP contribution in [0.25, 0.3) is 0 Å². The summed E-state index contributed by atoms with van der Waals surface area (Å²) in [6, 6.07) is 7.91. The van der Waals surface area contributed by atoms with Gasteiger partial charge in [0.05, 0.1) is 11.3 Å². The number of anilines is 1. The van der Waals surface area contributed by atoms with E-state index in [9.17, 15) is 0 Å². The molecular weight excluding hydrogens is 288 g/mol. The molecule has 0 aliphatic heterocycles. The van der Waals surface area contributed by atoms with Crippen LogP contribution in [0.15, 0.2) is 22.7 Å². The maximum Gasteiger partial charge on any atom is 0.101 e. The topological polar surface area (TPSA) is 35.8 Å². The Bertz CT molecular complexity index is 396. The molecule has 0 radical (unpaired) electrons. The van der Waals surface area contributed by atoms with Gasteiger partial charge in [0.25, 0.3) is 0 Å². The van der Waals surface area contributed by atoms with Gasteiger partial charge in [-0.15, -0.1) is 0 Å².